The molecule has 3 rings (SSSR count). The van der Waals surface area contributed by atoms with Crippen LogP contribution >= 0.6 is 0 Å². The van der Waals surface area contributed by atoms with Gasteiger partial charge >= 0.3 is 0 Å². The van der Waals surface area contributed by atoms with Gasteiger partial charge in [0.25, 0.3) is 0 Å². The van der Waals surface area contributed by atoms with E-state index >= 15 is 0 Å². The first-order chi connectivity index (χ1) is 9.88. The van der Waals surface area contributed by atoms with E-state index in [0.717, 1.165) is 22.5 Å². The van der Waals surface area contributed by atoms with Crippen molar-refractivity contribution >= 4 is 0 Å². The lowest BCUT2D eigenvalue weighted by Gasteiger charge is -2.09. The molecule has 0 spiro atoms. The highest BCUT2D eigenvalue weighted by molar-refractivity contribution is 5.72. The Bertz CT molecular complexity index is 699. The van der Waals surface area contributed by atoms with Crippen LogP contribution < -0.4 is 4.74 Å². The summed E-state index contributed by atoms with van der Waals surface area (Å²) in [7, 11) is 1.61. The predicted octanol–water partition coefficient (Wildman–Crippen LogP) is 3.21. The van der Waals surface area contributed by atoms with Crippen LogP contribution in [0.5, 0.6) is 5.88 Å². The van der Waals surface area contributed by atoms with Crippen molar-refractivity contribution in [3.05, 3.63) is 61.1 Å². The topological polar surface area (TPSA) is 47.9 Å². The van der Waals surface area contributed by atoms with Gasteiger partial charge in [0.05, 0.1) is 24.1 Å². The van der Waals surface area contributed by atoms with Crippen molar-refractivity contribution in [3.8, 4) is 28.4 Å². The van der Waals surface area contributed by atoms with Crippen LogP contribution in [0.2, 0.25) is 0 Å². The minimum atomic E-state index is 0.559. The molecule has 0 aromatic carbocycles. The van der Waals surface area contributed by atoms with Crippen molar-refractivity contribution < 1.29 is 4.74 Å². The van der Waals surface area contributed by atoms with Crippen LogP contribution in [-0.2, 0) is 0 Å². The molecule has 4 nitrogen and oxygen atoms in total. The largest absolute Gasteiger partial charge is 0.481 e. The fraction of sp³-hybridized carbons (Fsp3) is 0.0625. The normalized spacial score (nSPS) is 10.2. The van der Waals surface area contributed by atoms with Gasteiger partial charge in [-0.3, -0.25) is 9.97 Å². The summed E-state index contributed by atoms with van der Waals surface area (Å²) in [6.07, 6.45) is 5.27. The van der Waals surface area contributed by atoms with Crippen LogP contribution in [0, 0.1) is 0 Å². The van der Waals surface area contributed by atoms with Crippen molar-refractivity contribution in [2.24, 2.45) is 0 Å². The third-order valence-corrected chi connectivity index (χ3v) is 2.95. The molecule has 0 atom stereocenters. The molecule has 3 heterocycles. The number of rotatable bonds is 3. The summed E-state index contributed by atoms with van der Waals surface area (Å²) in [5, 5.41) is 0. The summed E-state index contributed by atoms with van der Waals surface area (Å²) in [5.74, 6) is 0.559. The Morgan fingerprint density at radius 3 is 2.15 bits per heavy atom. The van der Waals surface area contributed by atoms with Gasteiger partial charge in [-0.15, -0.1) is 0 Å². The fourth-order valence-corrected chi connectivity index (χ4v) is 1.99. The summed E-state index contributed by atoms with van der Waals surface area (Å²) in [6.45, 7) is 0. The third-order valence-electron chi connectivity index (χ3n) is 2.95. The number of pyridine rings is 3. The molecule has 0 aliphatic heterocycles. The minimum Gasteiger partial charge on any atom is -0.481 e. The predicted molar refractivity (Wildman–Crippen MR) is 77.3 cm³/mol. The molecule has 0 amide bonds. The van der Waals surface area contributed by atoms with E-state index < -0.39 is 0 Å². The van der Waals surface area contributed by atoms with Gasteiger partial charge in [-0.2, -0.15) is 0 Å². The third kappa shape index (κ3) is 2.36. The number of hydrogen-bond acceptors (Lipinski definition) is 4. The van der Waals surface area contributed by atoms with Gasteiger partial charge in [0, 0.05) is 24.2 Å². The first-order valence-electron chi connectivity index (χ1n) is 6.25. The van der Waals surface area contributed by atoms with E-state index in [1.54, 1.807) is 25.7 Å². The Kier molecular flexibility index (Phi) is 3.37. The molecular weight excluding hydrogens is 250 g/mol. The Labute approximate surface area is 117 Å². The van der Waals surface area contributed by atoms with Crippen LogP contribution in [0.3, 0.4) is 0 Å². The van der Waals surface area contributed by atoms with E-state index in [1.165, 1.54) is 0 Å². The highest BCUT2D eigenvalue weighted by Crippen LogP contribution is 2.30. The van der Waals surface area contributed by atoms with Crippen LogP contribution in [0.1, 0.15) is 0 Å². The zero-order chi connectivity index (χ0) is 13.8. The van der Waals surface area contributed by atoms with E-state index in [9.17, 15) is 0 Å². The molecule has 0 aliphatic carbocycles. The van der Waals surface area contributed by atoms with Gasteiger partial charge in [0.1, 0.15) is 0 Å². The molecule has 0 aliphatic rings. The molecule has 0 saturated carbocycles. The highest BCUT2D eigenvalue weighted by Gasteiger charge is 2.10. The van der Waals surface area contributed by atoms with Crippen molar-refractivity contribution in [1.82, 2.24) is 15.0 Å². The van der Waals surface area contributed by atoms with Crippen LogP contribution in [0.25, 0.3) is 22.5 Å². The summed E-state index contributed by atoms with van der Waals surface area (Å²) in [6, 6.07) is 13.5. The lowest BCUT2D eigenvalue weighted by molar-refractivity contribution is 0.399. The molecule has 20 heavy (non-hydrogen) atoms. The number of aromatic nitrogens is 3. The van der Waals surface area contributed by atoms with Crippen molar-refractivity contribution in [3.63, 3.8) is 0 Å². The molecular formula is C16H13N3O. The second-order valence-electron chi connectivity index (χ2n) is 4.21. The maximum atomic E-state index is 5.32. The second-order valence-corrected chi connectivity index (χ2v) is 4.21. The van der Waals surface area contributed by atoms with Gasteiger partial charge in [-0.25, -0.2) is 4.98 Å². The molecule has 4 heteroatoms. The molecule has 98 valence electrons. The minimum absolute atomic E-state index is 0.559. The average Bonchev–Trinajstić information content (AvgIpc) is 2.56. The van der Waals surface area contributed by atoms with Crippen molar-refractivity contribution in [1.29, 1.82) is 0 Å². The van der Waals surface area contributed by atoms with E-state index in [0.29, 0.717) is 5.88 Å². The zero-order valence-electron chi connectivity index (χ0n) is 11.0. The van der Waals surface area contributed by atoms with E-state index in [-0.39, 0.29) is 0 Å². The smallest absolute Gasteiger partial charge is 0.222 e. The van der Waals surface area contributed by atoms with Crippen molar-refractivity contribution in [2.75, 3.05) is 7.11 Å². The van der Waals surface area contributed by atoms with Crippen LogP contribution in [-0.4, -0.2) is 22.1 Å². The van der Waals surface area contributed by atoms with Gasteiger partial charge in [-0.05, 0) is 30.3 Å². The maximum absolute atomic E-state index is 5.32. The molecule has 3 aromatic heterocycles. The number of ether oxygens (including phenoxy) is 1. The second kappa shape index (κ2) is 5.48. The number of methoxy groups -OCH3 is 1. The van der Waals surface area contributed by atoms with Crippen LogP contribution in [0.4, 0.5) is 0 Å². The molecule has 0 N–H and O–H groups in total. The Morgan fingerprint density at radius 2 is 1.55 bits per heavy atom. The van der Waals surface area contributed by atoms with Crippen molar-refractivity contribution in [2.45, 2.75) is 0 Å². The number of nitrogens with zero attached hydrogens (tertiary/aromatic N) is 3. The van der Waals surface area contributed by atoms with Crippen LogP contribution in [0.15, 0.2) is 61.1 Å². The highest BCUT2D eigenvalue weighted by atomic mass is 16.5. The maximum Gasteiger partial charge on any atom is 0.222 e. The summed E-state index contributed by atoms with van der Waals surface area (Å²) in [5.41, 5.74) is 3.50. The van der Waals surface area contributed by atoms with Gasteiger partial charge in [0.2, 0.25) is 5.88 Å². The lowest BCUT2D eigenvalue weighted by Crippen LogP contribution is -1.94. The Morgan fingerprint density at radius 1 is 0.850 bits per heavy atom. The standard InChI is InChI=1S/C16H13N3O/c1-20-16-13(15-7-3-5-9-18-15)10-12(11-19-16)14-6-2-4-8-17-14/h2-11H,1H3. The fourth-order valence-electron chi connectivity index (χ4n) is 1.99. The zero-order valence-corrected chi connectivity index (χ0v) is 11.0. The summed E-state index contributed by atoms with van der Waals surface area (Å²) < 4.78 is 5.32. The SMILES string of the molecule is COc1ncc(-c2ccccn2)cc1-c1ccccn1. The quantitative estimate of drug-likeness (QED) is 0.728. The van der Waals surface area contributed by atoms with Gasteiger partial charge in [0.15, 0.2) is 0 Å². The first kappa shape index (κ1) is 12.3. The molecule has 0 bridgehead atoms. The number of hydrogen-bond donors (Lipinski definition) is 0. The molecule has 0 unspecified atom stereocenters. The monoisotopic (exact) mass is 263 g/mol. The lowest BCUT2D eigenvalue weighted by atomic mass is 10.1. The van der Waals surface area contributed by atoms with E-state index in [2.05, 4.69) is 15.0 Å². The first-order valence-corrected chi connectivity index (χ1v) is 6.25. The molecule has 3 aromatic rings. The molecule has 0 fully saturated rings. The summed E-state index contributed by atoms with van der Waals surface area (Å²) in [4.78, 5) is 13.0. The molecule has 0 saturated heterocycles. The molecule has 0 radical (unpaired) electrons. The van der Waals surface area contributed by atoms with E-state index in [4.69, 9.17) is 4.74 Å². The summed E-state index contributed by atoms with van der Waals surface area (Å²) >= 11 is 0. The average molecular weight is 263 g/mol. The van der Waals surface area contributed by atoms with Gasteiger partial charge in [-0.1, -0.05) is 12.1 Å². The Balaban J connectivity index is 2.13. The van der Waals surface area contributed by atoms with Gasteiger partial charge < -0.3 is 4.74 Å². The van der Waals surface area contributed by atoms with E-state index in [1.807, 2.05) is 42.5 Å². The Hall–Kier alpha value is -2.75.